The number of fused-ring (bicyclic) bond motifs is 1. The van der Waals surface area contributed by atoms with Gasteiger partial charge < -0.3 is 19.9 Å². The molecule has 0 spiro atoms. The van der Waals surface area contributed by atoms with E-state index in [2.05, 4.69) is 31.8 Å². The predicted octanol–water partition coefficient (Wildman–Crippen LogP) is 1.07. The largest absolute Gasteiger partial charge is 0.453 e. The molecule has 22 heavy (non-hydrogen) atoms. The average molecular weight is 304 g/mol. The lowest BCUT2D eigenvalue weighted by Crippen LogP contribution is -2.37. The smallest absolute Gasteiger partial charge is 0.407 e. The van der Waals surface area contributed by atoms with E-state index in [9.17, 15) is 9.59 Å². The molecule has 1 aromatic heterocycles. The number of hydrogen-bond donors (Lipinski definition) is 2. The third-order valence-electron chi connectivity index (χ3n) is 3.30. The number of alkyl carbamates (subject to hydrolysis) is 1. The van der Waals surface area contributed by atoms with Crippen molar-refractivity contribution in [2.75, 3.05) is 20.2 Å². The van der Waals surface area contributed by atoms with Crippen molar-refractivity contribution in [3.8, 4) is 0 Å². The number of imidazole rings is 1. The number of carbonyl (C=O) groups excluding carboxylic acids is 2. The fraction of sp³-hybridized carbons (Fsp3) is 0.400. The highest BCUT2D eigenvalue weighted by Gasteiger charge is 2.09. The van der Waals surface area contributed by atoms with Gasteiger partial charge in [0, 0.05) is 19.5 Å². The molecule has 2 amide bonds. The number of ether oxygens (including phenoxy) is 1. The lowest BCUT2D eigenvalue weighted by molar-refractivity contribution is -0.120. The molecule has 2 rings (SSSR count). The van der Waals surface area contributed by atoms with Crippen molar-refractivity contribution in [1.82, 2.24) is 20.2 Å². The molecule has 0 saturated carbocycles. The molecule has 0 aliphatic rings. The minimum Gasteiger partial charge on any atom is -0.453 e. The Hall–Kier alpha value is -2.57. The number of aromatic nitrogens is 2. The number of nitrogens with zero attached hydrogens (tertiary/aromatic N) is 2. The molecule has 1 heterocycles. The zero-order chi connectivity index (χ0) is 15.9. The normalized spacial score (nSPS) is 10.5. The molecule has 0 radical (unpaired) electrons. The van der Waals surface area contributed by atoms with Crippen LogP contribution in [-0.4, -0.2) is 41.8 Å². The number of carbonyl (C=O) groups is 2. The first-order valence-electron chi connectivity index (χ1n) is 7.18. The summed E-state index contributed by atoms with van der Waals surface area (Å²) in [7, 11) is 1.25. The van der Waals surface area contributed by atoms with Gasteiger partial charge in [0.2, 0.25) is 5.91 Å². The van der Waals surface area contributed by atoms with E-state index in [1.54, 1.807) is 0 Å². The van der Waals surface area contributed by atoms with Crippen molar-refractivity contribution in [3.63, 3.8) is 0 Å². The Morgan fingerprint density at radius 2 is 2.05 bits per heavy atom. The lowest BCUT2D eigenvalue weighted by Gasteiger charge is -2.08. The van der Waals surface area contributed by atoms with Gasteiger partial charge in [0.1, 0.15) is 5.82 Å². The van der Waals surface area contributed by atoms with Crippen LogP contribution < -0.4 is 10.6 Å². The third-order valence-corrected chi connectivity index (χ3v) is 3.30. The molecule has 0 unspecified atom stereocenters. The van der Waals surface area contributed by atoms with E-state index in [-0.39, 0.29) is 12.5 Å². The van der Waals surface area contributed by atoms with Gasteiger partial charge in [0.25, 0.3) is 0 Å². The van der Waals surface area contributed by atoms with Crippen LogP contribution in [0.4, 0.5) is 4.79 Å². The summed E-state index contributed by atoms with van der Waals surface area (Å²) in [5.41, 5.74) is 2.05. The monoisotopic (exact) mass is 304 g/mol. The zero-order valence-corrected chi connectivity index (χ0v) is 12.8. The van der Waals surface area contributed by atoms with Gasteiger partial charge in [-0.05, 0) is 19.1 Å². The molecule has 2 N–H and O–H groups in total. The topological polar surface area (TPSA) is 85.2 Å². The van der Waals surface area contributed by atoms with Crippen LogP contribution in [0.5, 0.6) is 0 Å². The van der Waals surface area contributed by atoms with Gasteiger partial charge in [0.05, 0.1) is 24.7 Å². The van der Waals surface area contributed by atoms with Crippen molar-refractivity contribution in [3.05, 3.63) is 30.1 Å². The molecule has 7 heteroatoms. The number of methoxy groups -OCH3 is 1. The number of nitrogens with one attached hydrogen (secondary N) is 2. The van der Waals surface area contributed by atoms with Crippen LogP contribution >= 0.6 is 0 Å². The highest BCUT2D eigenvalue weighted by Crippen LogP contribution is 2.15. The molecule has 2 aromatic rings. The Morgan fingerprint density at radius 1 is 1.27 bits per heavy atom. The number of benzene rings is 1. The Morgan fingerprint density at radius 3 is 2.77 bits per heavy atom. The number of hydrogen-bond acceptors (Lipinski definition) is 4. The summed E-state index contributed by atoms with van der Waals surface area (Å²) in [6.45, 7) is 3.26. The van der Waals surface area contributed by atoms with Gasteiger partial charge in [-0.25, -0.2) is 9.78 Å². The number of para-hydroxylation sites is 2. The maximum atomic E-state index is 11.6. The molecule has 1 aromatic carbocycles. The first-order valence-corrected chi connectivity index (χ1v) is 7.18. The van der Waals surface area contributed by atoms with Crippen LogP contribution in [0.3, 0.4) is 0 Å². The van der Waals surface area contributed by atoms with Crippen LogP contribution in [0, 0.1) is 0 Å². The Bertz CT molecular complexity index is 666. The maximum Gasteiger partial charge on any atom is 0.407 e. The van der Waals surface area contributed by atoms with E-state index < -0.39 is 6.09 Å². The van der Waals surface area contributed by atoms with Crippen molar-refractivity contribution in [1.29, 1.82) is 0 Å². The standard InChI is InChI=1S/C15H20N4O3/c1-3-19-12-7-5-4-6-11(12)18-13(19)8-9-16-14(20)10-17-15(21)22-2/h4-7H,3,8-10H2,1-2H3,(H,16,20)(H,17,21). The SMILES string of the molecule is CCn1c(CCNC(=O)CNC(=O)OC)nc2ccccc21. The second kappa shape index (κ2) is 7.44. The van der Waals surface area contributed by atoms with Crippen LogP contribution in [0.1, 0.15) is 12.7 Å². The van der Waals surface area contributed by atoms with E-state index in [1.165, 1.54) is 7.11 Å². The highest BCUT2D eigenvalue weighted by atomic mass is 16.5. The minimum atomic E-state index is -0.622. The Balaban J connectivity index is 1.89. The molecule has 0 aliphatic heterocycles. The molecule has 0 saturated heterocycles. The predicted molar refractivity (Wildman–Crippen MR) is 82.5 cm³/mol. The van der Waals surface area contributed by atoms with E-state index >= 15 is 0 Å². The number of amides is 2. The minimum absolute atomic E-state index is 0.100. The van der Waals surface area contributed by atoms with Gasteiger partial charge in [-0.15, -0.1) is 0 Å². The fourth-order valence-electron chi connectivity index (χ4n) is 2.27. The van der Waals surface area contributed by atoms with Gasteiger partial charge in [-0.3, -0.25) is 4.79 Å². The number of aryl methyl sites for hydroxylation is 1. The first kappa shape index (κ1) is 15.8. The summed E-state index contributed by atoms with van der Waals surface area (Å²) in [5.74, 6) is 0.675. The summed E-state index contributed by atoms with van der Waals surface area (Å²) in [6, 6.07) is 7.96. The van der Waals surface area contributed by atoms with E-state index in [4.69, 9.17) is 0 Å². The van der Waals surface area contributed by atoms with Crippen LogP contribution in [0.25, 0.3) is 11.0 Å². The van der Waals surface area contributed by atoms with Gasteiger partial charge >= 0.3 is 6.09 Å². The van der Waals surface area contributed by atoms with Crippen molar-refractivity contribution < 1.29 is 14.3 Å². The van der Waals surface area contributed by atoms with Gasteiger partial charge in [-0.2, -0.15) is 0 Å². The average Bonchev–Trinajstić information content (AvgIpc) is 2.89. The molecule has 0 aliphatic carbocycles. The van der Waals surface area contributed by atoms with E-state index in [1.807, 2.05) is 24.3 Å². The third kappa shape index (κ3) is 3.75. The lowest BCUT2D eigenvalue weighted by atomic mass is 10.3. The van der Waals surface area contributed by atoms with Crippen LogP contribution in [0.15, 0.2) is 24.3 Å². The molecule has 0 bridgehead atoms. The Kier molecular flexibility index (Phi) is 5.35. The quantitative estimate of drug-likeness (QED) is 0.836. The molecule has 0 fully saturated rings. The van der Waals surface area contributed by atoms with Gasteiger partial charge in [-0.1, -0.05) is 12.1 Å². The summed E-state index contributed by atoms with van der Waals surface area (Å²) in [4.78, 5) is 27.0. The highest BCUT2D eigenvalue weighted by molar-refractivity contribution is 5.82. The second-order valence-corrected chi connectivity index (χ2v) is 4.71. The molecular formula is C15H20N4O3. The molecule has 0 atom stereocenters. The van der Waals surface area contributed by atoms with Crippen molar-refractivity contribution >= 4 is 23.0 Å². The summed E-state index contributed by atoms with van der Waals surface area (Å²) in [5, 5.41) is 5.07. The van der Waals surface area contributed by atoms with Gasteiger partial charge in [0.15, 0.2) is 0 Å². The van der Waals surface area contributed by atoms with Crippen molar-refractivity contribution in [2.45, 2.75) is 19.9 Å². The van der Waals surface area contributed by atoms with Crippen LogP contribution in [-0.2, 0) is 22.5 Å². The summed E-state index contributed by atoms with van der Waals surface area (Å²) in [6.07, 6.45) is 0.00914. The molecule has 7 nitrogen and oxygen atoms in total. The van der Waals surface area contributed by atoms with Crippen LogP contribution in [0.2, 0.25) is 0 Å². The molecule has 118 valence electrons. The van der Waals surface area contributed by atoms with Crippen molar-refractivity contribution in [2.24, 2.45) is 0 Å². The second-order valence-electron chi connectivity index (χ2n) is 4.71. The summed E-state index contributed by atoms with van der Waals surface area (Å²) >= 11 is 0. The molecular weight excluding hydrogens is 284 g/mol. The maximum absolute atomic E-state index is 11.6. The first-order chi connectivity index (χ1) is 10.7. The fourth-order valence-corrected chi connectivity index (χ4v) is 2.27. The Labute approximate surface area is 128 Å². The van der Waals surface area contributed by atoms with E-state index in [0.29, 0.717) is 13.0 Å². The number of rotatable bonds is 6. The zero-order valence-electron chi connectivity index (χ0n) is 12.8. The summed E-state index contributed by atoms with van der Waals surface area (Å²) < 4.78 is 6.53. The van der Waals surface area contributed by atoms with E-state index in [0.717, 1.165) is 23.4 Å².